The summed E-state index contributed by atoms with van der Waals surface area (Å²) in [5, 5.41) is 0. The van der Waals surface area contributed by atoms with Gasteiger partial charge < -0.3 is 4.74 Å². The fourth-order valence-corrected chi connectivity index (χ4v) is 1.49. The van der Waals surface area contributed by atoms with Crippen molar-refractivity contribution in [3.8, 4) is 0 Å². The smallest absolute Gasteiger partial charge is 0.416 e. The van der Waals surface area contributed by atoms with Crippen LogP contribution in [0.2, 0.25) is 0 Å². The molecule has 0 heterocycles. The molecule has 1 rings (SSSR count). The van der Waals surface area contributed by atoms with Gasteiger partial charge in [0, 0.05) is 12.0 Å². The Labute approximate surface area is 102 Å². The van der Waals surface area contributed by atoms with Gasteiger partial charge in [0.25, 0.3) is 0 Å². The minimum Gasteiger partial charge on any atom is -0.469 e. The van der Waals surface area contributed by atoms with Gasteiger partial charge in [-0.05, 0) is 18.1 Å². The van der Waals surface area contributed by atoms with Gasteiger partial charge in [0.05, 0.1) is 12.7 Å². The number of ether oxygens (including phenoxy) is 1. The molecule has 0 atom stereocenters. The highest BCUT2D eigenvalue weighted by Gasteiger charge is 2.33. The van der Waals surface area contributed by atoms with Crippen LogP contribution in [0, 0.1) is 0 Å². The third-order valence-electron chi connectivity index (χ3n) is 2.40. The largest absolute Gasteiger partial charge is 0.469 e. The number of rotatable bonds is 4. The Hall–Kier alpha value is -1.85. The Kier molecular flexibility index (Phi) is 4.47. The molecule has 0 radical (unpaired) electrons. The molecule has 1 aromatic rings. The first-order valence-corrected chi connectivity index (χ1v) is 5.10. The fourth-order valence-electron chi connectivity index (χ4n) is 1.49. The average molecular weight is 260 g/mol. The molecule has 0 bridgehead atoms. The Morgan fingerprint density at radius 3 is 2.56 bits per heavy atom. The number of benzene rings is 1. The molecule has 0 saturated carbocycles. The minimum atomic E-state index is -4.55. The highest BCUT2D eigenvalue weighted by Crippen LogP contribution is 2.33. The van der Waals surface area contributed by atoms with Gasteiger partial charge >= 0.3 is 12.1 Å². The number of carbonyl (C=O) groups excluding carboxylic acids is 2. The maximum Gasteiger partial charge on any atom is 0.416 e. The first kappa shape index (κ1) is 14.2. The van der Waals surface area contributed by atoms with Gasteiger partial charge in [-0.1, -0.05) is 12.1 Å². The van der Waals surface area contributed by atoms with Crippen LogP contribution in [0.5, 0.6) is 0 Å². The number of aldehydes is 1. The van der Waals surface area contributed by atoms with E-state index in [0.717, 1.165) is 6.07 Å². The summed E-state index contributed by atoms with van der Waals surface area (Å²) in [4.78, 5) is 21.4. The quantitative estimate of drug-likeness (QED) is 0.617. The molecule has 0 unspecified atom stereocenters. The number of hydrogen-bond acceptors (Lipinski definition) is 3. The lowest BCUT2D eigenvalue weighted by Crippen LogP contribution is -2.11. The maximum absolute atomic E-state index is 12.7. The third kappa shape index (κ3) is 3.58. The maximum atomic E-state index is 12.7. The highest BCUT2D eigenvalue weighted by atomic mass is 19.4. The minimum absolute atomic E-state index is 0.0292. The van der Waals surface area contributed by atoms with Crippen molar-refractivity contribution in [1.29, 1.82) is 0 Å². The monoisotopic (exact) mass is 260 g/mol. The van der Waals surface area contributed by atoms with Crippen LogP contribution in [0.1, 0.15) is 27.9 Å². The van der Waals surface area contributed by atoms with Crippen LogP contribution in [-0.4, -0.2) is 19.4 Å². The van der Waals surface area contributed by atoms with Crippen LogP contribution < -0.4 is 0 Å². The zero-order valence-electron chi connectivity index (χ0n) is 9.58. The summed E-state index contributed by atoms with van der Waals surface area (Å²) in [6, 6.07) is 3.27. The van der Waals surface area contributed by atoms with Crippen LogP contribution in [0.4, 0.5) is 13.2 Å². The lowest BCUT2D eigenvalue weighted by atomic mass is 10.00. The summed E-state index contributed by atoms with van der Waals surface area (Å²) >= 11 is 0. The topological polar surface area (TPSA) is 43.4 Å². The number of hydrogen-bond donors (Lipinski definition) is 0. The van der Waals surface area contributed by atoms with Crippen molar-refractivity contribution in [2.75, 3.05) is 7.11 Å². The van der Waals surface area contributed by atoms with Crippen molar-refractivity contribution in [3.63, 3.8) is 0 Å². The van der Waals surface area contributed by atoms with Crippen LogP contribution in [-0.2, 0) is 22.1 Å². The van der Waals surface area contributed by atoms with Gasteiger partial charge in [-0.15, -0.1) is 0 Å². The van der Waals surface area contributed by atoms with Crippen LogP contribution in [0.25, 0.3) is 0 Å². The summed E-state index contributed by atoms with van der Waals surface area (Å²) in [6.07, 6.45) is -4.43. The predicted molar refractivity (Wildman–Crippen MR) is 57.2 cm³/mol. The summed E-state index contributed by atoms with van der Waals surface area (Å²) in [7, 11) is 1.17. The molecule has 6 heteroatoms. The van der Waals surface area contributed by atoms with Gasteiger partial charge in [0.2, 0.25) is 0 Å². The Balaban J connectivity index is 3.03. The lowest BCUT2D eigenvalue weighted by Gasteiger charge is -2.13. The summed E-state index contributed by atoms with van der Waals surface area (Å²) < 4.78 is 42.6. The van der Waals surface area contributed by atoms with E-state index in [4.69, 9.17) is 0 Å². The molecule has 0 N–H and O–H groups in total. The molecule has 0 aliphatic rings. The lowest BCUT2D eigenvalue weighted by molar-refractivity contribution is -0.142. The van der Waals surface area contributed by atoms with Crippen molar-refractivity contribution < 1.29 is 27.5 Å². The van der Waals surface area contributed by atoms with E-state index in [1.54, 1.807) is 0 Å². The first-order chi connectivity index (χ1) is 8.38. The zero-order chi connectivity index (χ0) is 13.8. The molecule has 1 aromatic carbocycles. The number of aryl methyl sites for hydroxylation is 1. The van der Waals surface area contributed by atoms with Gasteiger partial charge in [0.15, 0.2) is 0 Å². The Morgan fingerprint density at radius 2 is 2.06 bits per heavy atom. The molecule has 0 aliphatic heterocycles. The van der Waals surface area contributed by atoms with E-state index >= 15 is 0 Å². The molecule has 18 heavy (non-hydrogen) atoms. The van der Waals surface area contributed by atoms with Gasteiger partial charge in [-0.2, -0.15) is 13.2 Å². The van der Waals surface area contributed by atoms with E-state index in [9.17, 15) is 22.8 Å². The van der Waals surface area contributed by atoms with E-state index < -0.39 is 17.7 Å². The SMILES string of the molecule is COC(=O)CCc1ccc(C=O)cc1C(F)(F)F. The molecular formula is C12H11F3O3. The second kappa shape index (κ2) is 5.66. The average Bonchev–Trinajstić information content (AvgIpc) is 2.34. The second-order valence-electron chi connectivity index (χ2n) is 3.61. The van der Waals surface area contributed by atoms with Crippen LogP contribution in [0.15, 0.2) is 18.2 Å². The van der Waals surface area contributed by atoms with Crippen LogP contribution >= 0.6 is 0 Å². The number of esters is 1. The molecule has 0 fully saturated rings. The molecule has 0 aliphatic carbocycles. The van der Waals surface area contributed by atoms with E-state index in [2.05, 4.69) is 4.74 Å². The molecule has 0 amide bonds. The first-order valence-electron chi connectivity index (χ1n) is 5.10. The summed E-state index contributed by atoms with van der Waals surface area (Å²) in [6.45, 7) is 0. The van der Waals surface area contributed by atoms with Crippen molar-refractivity contribution in [2.24, 2.45) is 0 Å². The van der Waals surface area contributed by atoms with Crippen molar-refractivity contribution in [3.05, 3.63) is 34.9 Å². The Bertz CT molecular complexity index is 452. The molecule has 0 saturated heterocycles. The van der Waals surface area contributed by atoms with Crippen molar-refractivity contribution >= 4 is 12.3 Å². The number of carbonyl (C=O) groups is 2. The molecule has 0 aromatic heterocycles. The number of methoxy groups -OCH3 is 1. The molecular weight excluding hydrogens is 249 g/mol. The number of halogens is 3. The van der Waals surface area contributed by atoms with Crippen molar-refractivity contribution in [1.82, 2.24) is 0 Å². The normalized spacial score (nSPS) is 11.1. The summed E-state index contributed by atoms with van der Waals surface area (Å²) in [5.74, 6) is -0.581. The zero-order valence-corrected chi connectivity index (χ0v) is 9.58. The second-order valence-corrected chi connectivity index (χ2v) is 3.61. The standard InChI is InChI=1S/C12H11F3O3/c1-18-11(17)5-4-9-3-2-8(7-16)6-10(9)12(13,14)15/h2-3,6-7H,4-5H2,1H3. The Morgan fingerprint density at radius 1 is 1.39 bits per heavy atom. The van der Waals surface area contributed by atoms with Crippen LogP contribution in [0.3, 0.4) is 0 Å². The van der Waals surface area contributed by atoms with Gasteiger partial charge in [-0.3, -0.25) is 9.59 Å². The fraction of sp³-hybridized carbons (Fsp3) is 0.333. The molecule has 0 spiro atoms. The molecule has 98 valence electrons. The van der Waals surface area contributed by atoms with Crippen molar-refractivity contribution in [2.45, 2.75) is 19.0 Å². The third-order valence-corrected chi connectivity index (χ3v) is 2.40. The van der Waals surface area contributed by atoms with E-state index in [1.807, 2.05) is 0 Å². The van der Waals surface area contributed by atoms with E-state index in [0.29, 0.717) is 6.29 Å². The van der Waals surface area contributed by atoms with E-state index in [-0.39, 0.29) is 24.0 Å². The predicted octanol–water partition coefficient (Wildman–Crippen LogP) is 2.62. The van der Waals surface area contributed by atoms with E-state index in [1.165, 1.54) is 19.2 Å². The highest BCUT2D eigenvalue weighted by molar-refractivity contribution is 5.75. The summed E-state index contributed by atoms with van der Waals surface area (Å²) in [5.41, 5.74) is -0.973. The van der Waals surface area contributed by atoms with Gasteiger partial charge in [0.1, 0.15) is 6.29 Å². The van der Waals surface area contributed by atoms with Gasteiger partial charge in [-0.25, -0.2) is 0 Å². The molecule has 3 nitrogen and oxygen atoms in total. The number of alkyl halides is 3.